The second-order valence-electron chi connectivity index (χ2n) is 3.99. The highest BCUT2D eigenvalue weighted by atomic mass is 35.5. The number of carbonyl (C=O) groups is 1. The number of aromatic nitrogens is 2. The van der Waals surface area contributed by atoms with E-state index in [-0.39, 0.29) is 26.4 Å². The molecule has 0 aliphatic heterocycles. The predicted octanol–water partition coefficient (Wildman–Crippen LogP) is 3.54. The molecule has 0 radical (unpaired) electrons. The van der Waals surface area contributed by atoms with Gasteiger partial charge >= 0.3 is 5.69 Å². The van der Waals surface area contributed by atoms with E-state index in [2.05, 4.69) is 10.4 Å². The molecule has 110 valence electrons. The molecule has 7 nitrogen and oxygen atoms in total. The Hall–Kier alpha value is -1.83. The fourth-order valence-corrected chi connectivity index (χ4v) is 2.17. The number of carbonyl (C=O) groups excluding carboxylic acids is 1. The third-order valence-corrected chi connectivity index (χ3v) is 3.51. The molecule has 0 spiro atoms. The maximum atomic E-state index is 12.1. The first-order chi connectivity index (χ1) is 9.79. The zero-order valence-corrected chi connectivity index (χ0v) is 12.7. The van der Waals surface area contributed by atoms with Gasteiger partial charge in [-0.3, -0.25) is 19.6 Å². The molecule has 0 bridgehead atoms. The number of nitro groups is 1. The van der Waals surface area contributed by atoms with Crippen molar-refractivity contribution in [1.82, 2.24) is 9.78 Å². The second-order valence-corrected chi connectivity index (χ2v) is 5.22. The predicted molar refractivity (Wildman–Crippen MR) is 79.3 cm³/mol. The average molecular weight is 350 g/mol. The molecule has 0 atom stereocenters. The Kier molecular flexibility index (Phi) is 4.36. The lowest BCUT2D eigenvalue weighted by atomic mass is 10.3. The maximum Gasteiger partial charge on any atom is 0.320 e. The lowest BCUT2D eigenvalue weighted by Crippen LogP contribution is -2.15. The van der Waals surface area contributed by atoms with Gasteiger partial charge in [-0.15, -0.1) is 0 Å². The van der Waals surface area contributed by atoms with Gasteiger partial charge in [0.1, 0.15) is 6.20 Å². The summed E-state index contributed by atoms with van der Waals surface area (Å²) in [5.74, 6) is -0.775. The fourth-order valence-electron chi connectivity index (χ4n) is 1.57. The largest absolute Gasteiger partial charge is 0.320 e. The van der Waals surface area contributed by atoms with Crippen molar-refractivity contribution < 1.29 is 9.72 Å². The Morgan fingerprint density at radius 3 is 2.52 bits per heavy atom. The van der Waals surface area contributed by atoms with Crippen molar-refractivity contribution in [3.63, 3.8) is 0 Å². The van der Waals surface area contributed by atoms with Gasteiger partial charge in [0.15, 0.2) is 0 Å². The topological polar surface area (TPSA) is 90.1 Å². The number of anilines is 1. The molecule has 1 aromatic heterocycles. The fraction of sp³-hybridized carbons (Fsp3) is 0.0909. The minimum atomic E-state index is -0.775. The van der Waals surface area contributed by atoms with Crippen LogP contribution in [0, 0.1) is 10.1 Å². The minimum absolute atomic E-state index is 0.149. The van der Waals surface area contributed by atoms with Crippen LogP contribution in [0.2, 0.25) is 15.1 Å². The van der Waals surface area contributed by atoms with Crippen LogP contribution in [0.4, 0.5) is 11.4 Å². The standard InChI is InChI=1S/C11H7Cl3N4O3/c1-17-4-9(18(20)21)10(16-17)11(19)15-8-3-6(13)5(12)2-7(8)14/h2-4H,1H3,(H,15,19). The zero-order chi connectivity index (χ0) is 15.7. The van der Waals surface area contributed by atoms with Gasteiger partial charge in [0.2, 0.25) is 5.69 Å². The normalized spacial score (nSPS) is 10.5. The van der Waals surface area contributed by atoms with E-state index in [9.17, 15) is 14.9 Å². The summed E-state index contributed by atoms with van der Waals surface area (Å²) in [6, 6.07) is 2.70. The van der Waals surface area contributed by atoms with Crippen LogP contribution in [-0.4, -0.2) is 20.6 Å². The number of hydrogen-bond donors (Lipinski definition) is 1. The van der Waals surface area contributed by atoms with Crippen molar-refractivity contribution >= 4 is 52.1 Å². The summed E-state index contributed by atoms with van der Waals surface area (Å²) in [6.45, 7) is 0. The lowest BCUT2D eigenvalue weighted by Gasteiger charge is -2.07. The van der Waals surface area contributed by atoms with Gasteiger partial charge in [0, 0.05) is 7.05 Å². The summed E-state index contributed by atoms with van der Waals surface area (Å²) >= 11 is 17.5. The number of nitrogens with one attached hydrogen (secondary N) is 1. The zero-order valence-electron chi connectivity index (χ0n) is 10.4. The first kappa shape index (κ1) is 15.6. The number of rotatable bonds is 3. The Morgan fingerprint density at radius 1 is 1.29 bits per heavy atom. The van der Waals surface area contributed by atoms with Gasteiger partial charge in [-0.2, -0.15) is 5.10 Å². The van der Waals surface area contributed by atoms with E-state index in [1.807, 2.05) is 0 Å². The Bertz CT molecular complexity index is 745. The Balaban J connectivity index is 2.35. The van der Waals surface area contributed by atoms with Gasteiger partial charge in [-0.25, -0.2) is 0 Å². The van der Waals surface area contributed by atoms with E-state index < -0.39 is 16.5 Å². The van der Waals surface area contributed by atoms with E-state index in [1.54, 1.807) is 0 Å². The van der Waals surface area contributed by atoms with Crippen LogP contribution in [0.1, 0.15) is 10.5 Å². The van der Waals surface area contributed by atoms with E-state index in [0.717, 1.165) is 6.20 Å². The molecule has 2 aromatic rings. The van der Waals surface area contributed by atoms with E-state index in [4.69, 9.17) is 34.8 Å². The number of nitrogens with zero attached hydrogens (tertiary/aromatic N) is 3. The van der Waals surface area contributed by atoms with Crippen molar-refractivity contribution in [2.24, 2.45) is 7.05 Å². The van der Waals surface area contributed by atoms with Crippen molar-refractivity contribution in [2.45, 2.75) is 0 Å². The first-order valence-corrected chi connectivity index (χ1v) is 6.57. The van der Waals surface area contributed by atoms with Gasteiger partial charge in [-0.1, -0.05) is 34.8 Å². The van der Waals surface area contributed by atoms with Crippen LogP contribution in [0.3, 0.4) is 0 Å². The van der Waals surface area contributed by atoms with Crippen molar-refractivity contribution in [3.8, 4) is 0 Å². The van der Waals surface area contributed by atoms with Crippen LogP contribution in [0.15, 0.2) is 18.3 Å². The monoisotopic (exact) mass is 348 g/mol. The second kappa shape index (κ2) is 5.88. The molecule has 0 aliphatic rings. The minimum Gasteiger partial charge on any atom is -0.319 e. The first-order valence-electron chi connectivity index (χ1n) is 5.43. The quantitative estimate of drug-likeness (QED) is 0.521. The maximum absolute atomic E-state index is 12.1. The molecular weight excluding hydrogens is 343 g/mol. The summed E-state index contributed by atoms with van der Waals surface area (Å²) in [5.41, 5.74) is -0.563. The molecule has 0 saturated heterocycles. The third kappa shape index (κ3) is 3.26. The molecule has 0 unspecified atom stereocenters. The van der Waals surface area contributed by atoms with E-state index in [1.165, 1.54) is 23.9 Å². The van der Waals surface area contributed by atoms with Crippen LogP contribution in [0.25, 0.3) is 0 Å². The summed E-state index contributed by atoms with van der Waals surface area (Å²) in [7, 11) is 1.47. The highest BCUT2D eigenvalue weighted by Gasteiger charge is 2.25. The smallest absolute Gasteiger partial charge is 0.319 e. The number of halogens is 3. The Morgan fingerprint density at radius 2 is 1.90 bits per heavy atom. The highest BCUT2D eigenvalue weighted by Crippen LogP contribution is 2.32. The molecule has 10 heteroatoms. The SMILES string of the molecule is Cn1cc([N+](=O)[O-])c(C(=O)Nc2cc(Cl)c(Cl)cc2Cl)n1. The highest BCUT2D eigenvalue weighted by molar-refractivity contribution is 6.44. The number of amides is 1. The third-order valence-electron chi connectivity index (χ3n) is 2.48. The van der Waals surface area contributed by atoms with Gasteiger partial charge in [0.05, 0.1) is 25.7 Å². The summed E-state index contributed by atoms with van der Waals surface area (Å²) in [6.07, 6.45) is 1.13. The molecule has 0 aliphatic carbocycles. The van der Waals surface area contributed by atoms with Crippen molar-refractivity contribution in [1.29, 1.82) is 0 Å². The number of hydrogen-bond acceptors (Lipinski definition) is 4. The average Bonchev–Trinajstić information content (AvgIpc) is 2.78. The van der Waals surface area contributed by atoms with Gasteiger partial charge < -0.3 is 5.32 Å². The lowest BCUT2D eigenvalue weighted by molar-refractivity contribution is -0.385. The van der Waals surface area contributed by atoms with Crippen LogP contribution in [-0.2, 0) is 7.05 Å². The summed E-state index contributed by atoms with van der Waals surface area (Å²) in [4.78, 5) is 22.2. The molecule has 2 rings (SSSR count). The summed E-state index contributed by atoms with van der Waals surface area (Å²) < 4.78 is 1.17. The van der Waals surface area contributed by atoms with Gasteiger partial charge in [0.25, 0.3) is 5.91 Å². The Labute approximate surface area is 133 Å². The molecular formula is C11H7Cl3N4O3. The van der Waals surface area contributed by atoms with Crippen LogP contribution < -0.4 is 5.32 Å². The summed E-state index contributed by atoms with van der Waals surface area (Å²) in [5, 5.41) is 17.6. The molecule has 1 aromatic carbocycles. The number of benzene rings is 1. The van der Waals surface area contributed by atoms with Crippen LogP contribution in [0.5, 0.6) is 0 Å². The molecule has 1 amide bonds. The molecule has 21 heavy (non-hydrogen) atoms. The number of aryl methyl sites for hydroxylation is 1. The van der Waals surface area contributed by atoms with Crippen LogP contribution >= 0.6 is 34.8 Å². The molecule has 0 saturated carbocycles. The van der Waals surface area contributed by atoms with E-state index >= 15 is 0 Å². The van der Waals surface area contributed by atoms with E-state index in [0.29, 0.717) is 0 Å². The van der Waals surface area contributed by atoms with Crippen molar-refractivity contribution in [2.75, 3.05) is 5.32 Å². The van der Waals surface area contributed by atoms with Crippen molar-refractivity contribution in [3.05, 3.63) is 49.2 Å². The molecule has 1 N–H and O–H groups in total. The van der Waals surface area contributed by atoms with Gasteiger partial charge in [-0.05, 0) is 12.1 Å². The molecule has 1 heterocycles. The molecule has 0 fully saturated rings.